The number of hydrogen-bond acceptors (Lipinski definition) is 2. The molecule has 0 heterocycles. The van der Waals surface area contributed by atoms with Gasteiger partial charge in [0, 0.05) is 16.1 Å². The van der Waals surface area contributed by atoms with E-state index in [9.17, 15) is 0 Å². The minimum absolute atomic E-state index is 0.395. The third-order valence-corrected chi connectivity index (χ3v) is 4.96. The fourth-order valence-corrected chi connectivity index (χ4v) is 3.47. The molecule has 1 aromatic rings. The number of ether oxygens (including phenoxy) is 1. The summed E-state index contributed by atoms with van der Waals surface area (Å²) in [6, 6.07) is 2.53. The number of nitrogens with one attached hydrogen (secondary N) is 1. The minimum atomic E-state index is 0.395. The van der Waals surface area contributed by atoms with Crippen LogP contribution in [0.1, 0.15) is 36.1 Å². The van der Waals surface area contributed by atoms with Gasteiger partial charge in [0.1, 0.15) is 5.75 Å². The highest BCUT2D eigenvalue weighted by atomic mass is 79.9. The molecule has 0 aromatic heterocycles. The first kappa shape index (κ1) is 13.9. The summed E-state index contributed by atoms with van der Waals surface area (Å²) in [6.45, 7) is 6.59. The molecule has 0 saturated heterocycles. The predicted molar refractivity (Wildman–Crippen MR) is 79.2 cm³/mol. The molecule has 3 heteroatoms. The summed E-state index contributed by atoms with van der Waals surface area (Å²) in [4.78, 5) is 0. The molecule has 0 radical (unpaired) electrons. The van der Waals surface area contributed by atoms with Crippen molar-refractivity contribution in [3.63, 3.8) is 0 Å². The van der Waals surface area contributed by atoms with Crippen LogP contribution in [-0.2, 0) is 0 Å². The van der Waals surface area contributed by atoms with Gasteiger partial charge >= 0.3 is 0 Å². The number of aryl methyl sites for hydroxylation is 1. The molecule has 1 aromatic carbocycles. The van der Waals surface area contributed by atoms with Crippen LogP contribution in [-0.4, -0.2) is 14.2 Å². The molecule has 0 bridgehead atoms. The fourth-order valence-electron chi connectivity index (χ4n) is 2.91. The lowest BCUT2D eigenvalue weighted by molar-refractivity contribution is 0.389. The van der Waals surface area contributed by atoms with E-state index in [2.05, 4.69) is 48.1 Å². The first-order chi connectivity index (χ1) is 8.51. The number of rotatable bonds is 4. The molecule has 18 heavy (non-hydrogen) atoms. The summed E-state index contributed by atoms with van der Waals surface area (Å²) in [7, 11) is 3.81. The Bertz CT molecular complexity index is 458. The monoisotopic (exact) mass is 311 g/mol. The molecule has 100 valence electrons. The maximum absolute atomic E-state index is 5.65. The Labute approximate surface area is 118 Å². The van der Waals surface area contributed by atoms with Crippen LogP contribution in [0.4, 0.5) is 0 Å². The quantitative estimate of drug-likeness (QED) is 0.907. The molecule has 0 aliphatic heterocycles. The lowest BCUT2D eigenvalue weighted by Crippen LogP contribution is -2.21. The highest BCUT2D eigenvalue weighted by Crippen LogP contribution is 2.50. The van der Waals surface area contributed by atoms with Crippen LogP contribution in [0.2, 0.25) is 0 Å². The van der Waals surface area contributed by atoms with Crippen molar-refractivity contribution in [1.29, 1.82) is 0 Å². The zero-order valence-electron chi connectivity index (χ0n) is 11.8. The van der Waals surface area contributed by atoms with Crippen molar-refractivity contribution in [3.8, 4) is 5.75 Å². The van der Waals surface area contributed by atoms with E-state index in [0.29, 0.717) is 6.04 Å². The van der Waals surface area contributed by atoms with E-state index in [0.717, 1.165) is 17.6 Å². The Kier molecular flexibility index (Phi) is 4.02. The van der Waals surface area contributed by atoms with Gasteiger partial charge in [0.15, 0.2) is 0 Å². The van der Waals surface area contributed by atoms with Gasteiger partial charge < -0.3 is 10.1 Å². The van der Waals surface area contributed by atoms with Crippen molar-refractivity contribution in [3.05, 3.63) is 27.2 Å². The van der Waals surface area contributed by atoms with E-state index < -0.39 is 0 Å². The van der Waals surface area contributed by atoms with Crippen molar-refractivity contribution in [2.45, 2.75) is 33.2 Å². The summed E-state index contributed by atoms with van der Waals surface area (Å²) >= 11 is 3.66. The van der Waals surface area contributed by atoms with Crippen molar-refractivity contribution in [2.75, 3.05) is 14.2 Å². The third kappa shape index (κ3) is 2.30. The van der Waals surface area contributed by atoms with E-state index in [1.54, 1.807) is 7.11 Å². The molecule has 1 aliphatic rings. The average molecular weight is 312 g/mol. The summed E-state index contributed by atoms with van der Waals surface area (Å²) in [5, 5.41) is 3.48. The molecule has 2 nitrogen and oxygen atoms in total. The lowest BCUT2D eigenvalue weighted by atomic mass is 9.93. The zero-order valence-corrected chi connectivity index (χ0v) is 13.4. The molecule has 3 unspecified atom stereocenters. The van der Waals surface area contributed by atoms with Gasteiger partial charge in [0.2, 0.25) is 0 Å². The van der Waals surface area contributed by atoms with E-state index >= 15 is 0 Å². The number of hydrogen-bond donors (Lipinski definition) is 1. The molecule has 0 amide bonds. The van der Waals surface area contributed by atoms with Crippen molar-refractivity contribution in [2.24, 2.45) is 11.8 Å². The molecule has 1 N–H and O–H groups in total. The van der Waals surface area contributed by atoms with Gasteiger partial charge in [-0.1, -0.05) is 22.9 Å². The summed E-state index contributed by atoms with van der Waals surface area (Å²) < 4.78 is 6.82. The smallest absolute Gasteiger partial charge is 0.126 e. The van der Waals surface area contributed by atoms with E-state index in [-0.39, 0.29) is 0 Å². The summed E-state index contributed by atoms with van der Waals surface area (Å²) in [5.74, 6) is 2.58. The Morgan fingerprint density at radius 2 is 2.06 bits per heavy atom. The minimum Gasteiger partial charge on any atom is -0.496 e. The molecule has 1 aliphatic carbocycles. The first-order valence-corrected chi connectivity index (χ1v) is 7.31. The average Bonchev–Trinajstić information content (AvgIpc) is 3.03. The van der Waals surface area contributed by atoms with Gasteiger partial charge in [0.25, 0.3) is 0 Å². The maximum atomic E-state index is 5.65. The highest BCUT2D eigenvalue weighted by Gasteiger charge is 2.41. The second-order valence-electron chi connectivity index (χ2n) is 5.39. The summed E-state index contributed by atoms with van der Waals surface area (Å²) in [5.41, 5.74) is 3.80. The van der Waals surface area contributed by atoms with Crippen molar-refractivity contribution >= 4 is 15.9 Å². The van der Waals surface area contributed by atoms with Crippen molar-refractivity contribution in [1.82, 2.24) is 5.32 Å². The Hall–Kier alpha value is -0.540. The lowest BCUT2D eigenvalue weighted by Gasteiger charge is -2.24. The maximum Gasteiger partial charge on any atom is 0.126 e. The second kappa shape index (κ2) is 5.22. The van der Waals surface area contributed by atoms with Crippen molar-refractivity contribution < 1.29 is 4.74 Å². The van der Waals surface area contributed by atoms with Gasteiger partial charge in [-0.25, -0.2) is 0 Å². The zero-order chi connectivity index (χ0) is 13.4. The van der Waals surface area contributed by atoms with Gasteiger partial charge in [-0.15, -0.1) is 0 Å². The summed E-state index contributed by atoms with van der Waals surface area (Å²) in [6.07, 6.45) is 1.31. The fraction of sp³-hybridized carbons (Fsp3) is 0.600. The highest BCUT2D eigenvalue weighted by molar-refractivity contribution is 9.10. The Morgan fingerprint density at radius 3 is 2.50 bits per heavy atom. The standard InChI is InChI=1S/C15H22BrNO/c1-8-6-11(8)14(17-4)13-10(3)12(16)7-9(2)15(13)18-5/h7-8,11,14,17H,6H2,1-5H3. The second-order valence-corrected chi connectivity index (χ2v) is 6.24. The first-order valence-electron chi connectivity index (χ1n) is 6.52. The van der Waals surface area contributed by atoms with Crippen LogP contribution in [0.3, 0.4) is 0 Å². The van der Waals surface area contributed by atoms with Crippen LogP contribution in [0, 0.1) is 25.7 Å². The van der Waals surface area contributed by atoms with Crippen LogP contribution in [0.15, 0.2) is 10.5 Å². The predicted octanol–water partition coefficient (Wildman–Crippen LogP) is 3.99. The molecule has 2 rings (SSSR count). The normalized spacial score (nSPS) is 23.9. The largest absolute Gasteiger partial charge is 0.496 e. The molecule has 3 atom stereocenters. The van der Waals surface area contributed by atoms with Gasteiger partial charge in [-0.2, -0.15) is 0 Å². The molecular weight excluding hydrogens is 290 g/mol. The Morgan fingerprint density at radius 1 is 1.44 bits per heavy atom. The molecule has 0 spiro atoms. The van der Waals surface area contributed by atoms with Crippen LogP contribution >= 0.6 is 15.9 Å². The van der Waals surface area contributed by atoms with Crippen LogP contribution in [0.5, 0.6) is 5.75 Å². The molecular formula is C15H22BrNO. The van der Waals surface area contributed by atoms with E-state index in [1.165, 1.54) is 27.6 Å². The molecule has 1 saturated carbocycles. The Balaban J connectivity index is 2.53. The topological polar surface area (TPSA) is 21.3 Å². The van der Waals surface area contributed by atoms with Gasteiger partial charge in [-0.05, 0) is 56.3 Å². The van der Waals surface area contributed by atoms with E-state index in [1.807, 2.05) is 7.05 Å². The van der Waals surface area contributed by atoms with Crippen LogP contribution < -0.4 is 10.1 Å². The van der Waals surface area contributed by atoms with Gasteiger partial charge in [-0.3, -0.25) is 0 Å². The van der Waals surface area contributed by atoms with Gasteiger partial charge in [0.05, 0.1) is 7.11 Å². The number of benzene rings is 1. The SMILES string of the molecule is CNC(c1c(C)c(Br)cc(C)c1OC)C1CC1C. The van der Waals surface area contributed by atoms with Crippen LogP contribution in [0.25, 0.3) is 0 Å². The molecule has 1 fully saturated rings. The number of methoxy groups -OCH3 is 1. The van der Waals surface area contributed by atoms with E-state index in [4.69, 9.17) is 4.74 Å². The third-order valence-electron chi connectivity index (χ3n) is 4.13. The number of halogens is 1.